The van der Waals surface area contributed by atoms with Gasteiger partial charge in [0, 0.05) is 11.1 Å². The quantitative estimate of drug-likeness (QED) is 0.835. The van der Waals surface area contributed by atoms with Crippen molar-refractivity contribution in [2.45, 2.75) is 38.1 Å². The predicted molar refractivity (Wildman–Crippen MR) is 65.1 cm³/mol. The molecule has 0 spiro atoms. The summed E-state index contributed by atoms with van der Waals surface area (Å²) in [5.41, 5.74) is 7.42. The molecular formula is C13H18ClN. The molecule has 0 aromatic heterocycles. The van der Waals surface area contributed by atoms with E-state index in [9.17, 15) is 0 Å². The normalized spacial score (nSPS) is 25.7. The number of benzene rings is 1. The Bertz CT molecular complexity index is 307. The molecule has 15 heavy (non-hydrogen) atoms. The van der Waals surface area contributed by atoms with Gasteiger partial charge in [0.05, 0.1) is 0 Å². The summed E-state index contributed by atoms with van der Waals surface area (Å²) < 4.78 is 0. The van der Waals surface area contributed by atoms with Gasteiger partial charge in [-0.25, -0.2) is 0 Å². The first-order valence-electron chi connectivity index (χ1n) is 5.76. The monoisotopic (exact) mass is 223 g/mol. The number of nitrogens with two attached hydrogens (primary N) is 1. The maximum atomic E-state index is 6.05. The zero-order chi connectivity index (χ0) is 10.7. The van der Waals surface area contributed by atoms with Crippen molar-refractivity contribution in [3.63, 3.8) is 0 Å². The second-order valence-electron chi connectivity index (χ2n) is 4.52. The molecule has 0 aliphatic heterocycles. The van der Waals surface area contributed by atoms with Crippen molar-refractivity contribution in [1.29, 1.82) is 0 Å². The average Bonchev–Trinajstić information content (AvgIpc) is 2.63. The van der Waals surface area contributed by atoms with Gasteiger partial charge in [-0.2, -0.15) is 0 Å². The van der Waals surface area contributed by atoms with Crippen LogP contribution < -0.4 is 5.73 Å². The molecule has 0 heterocycles. The fourth-order valence-electron chi connectivity index (χ4n) is 2.43. The highest BCUT2D eigenvalue weighted by Crippen LogP contribution is 2.28. The fourth-order valence-corrected chi connectivity index (χ4v) is 2.55. The Morgan fingerprint density at radius 2 is 1.93 bits per heavy atom. The third-order valence-corrected chi connectivity index (χ3v) is 3.69. The van der Waals surface area contributed by atoms with Crippen molar-refractivity contribution in [2.75, 3.05) is 0 Å². The standard InChI is InChI=1S/C13H18ClN/c14-12-8-5-10(6-9-12)4-7-11-2-1-3-13(11)15/h5-6,8-9,11,13H,1-4,7,15H2/t11-,13+/m0/s1. The lowest BCUT2D eigenvalue weighted by Crippen LogP contribution is -2.24. The minimum atomic E-state index is 0.442. The molecule has 0 amide bonds. The Hall–Kier alpha value is -0.530. The molecule has 0 bridgehead atoms. The average molecular weight is 224 g/mol. The third-order valence-electron chi connectivity index (χ3n) is 3.43. The van der Waals surface area contributed by atoms with Gasteiger partial charge in [0.1, 0.15) is 0 Å². The molecule has 1 aliphatic carbocycles. The number of hydrogen-bond donors (Lipinski definition) is 1. The minimum Gasteiger partial charge on any atom is -0.327 e. The molecule has 1 nitrogen and oxygen atoms in total. The Morgan fingerprint density at radius 3 is 2.53 bits per heavy atom. The topological polar surface area (TPSA) is 26.0 Å². The van der Waals surface area contributed by atoms with Crippen molar-refractivity contribution in [1.82, 2.24) is 0 Å². The minimum absolute atomic E-state index is 0.442. The van der Waals surface area contributed by atoms with E-state index in [4.69, 9.17) is 17.3 Å². The highest BCUT2D eigenvalue weighted by molar-refractivity contribution is 6.30. The highest BCUT2D eigenvalue weighted by atomic mass is 35.5. The van der Waals surface area contributed by atoms with Crippen molar-refractivity contribution in [2.24, 2.45) is 11.7 Å². The van der Waals surface area contributed by atoms with Crippen molar-refractivity contribution >= 4 is 11.6 Å². The molecule has 1 saturated carbocycles. The Labute approximate surface area is 96.6 Å². The van der Waals surface area contributed by atoms with Gasteiger partial charge in [-0.3, -0.25) is 0 Å². The van der Waals surface area contributed by atoms with Crippen LogP contribution in [0.2, 0.25) is 5.02 Å². The molecule has 0 radical (unpaired) electrons. The van der Waals surface area contributed by atoms with E-state index in [1.54, 1.807) is 0 Å². The summed E-state index contributed by atoms with van der Waals surface area (Å²) in [5.74, 6) is 0.737. The molecule has 2 N–H and O–H groups in total. The second kappa shape index (κ2) is 5.00. The van der Waals surface area contributed by atoms with Gasteiger partial charge in [0.25, 0.3) is 0 Å². The van der Waals surface area contributed by atoms with Crippen LogP contribution in [0.25, 0.3) is 0 Å². The molecule has 1 aliphatic rings. The molecule has 0 saturated heterocycles. The molecular weight excluding hydrogens is 206 g/mol. The molecule has 2 rings (SSSR count). The van der Waals surface area contributed by atoms with Crippen LogP contribution in [0.5, 0.6) is 0 Å². The number of halogens is 1. The van der Waals surface area contributed by atoms with E-state index in [0.29, 0.717) is 6.04 Å². The maximum absolute atomic E-state index is 6.05. The van der Waals surface area contributed by atoms with Crippen LogP contribution in [0.15, 0.2) is 24.3 Å². The smallest absolute Gasteiger partial charge is 0.0406 e. The van der Waals surface area contributed by atoms with E-state index in [0.717, 1.165) is 17.4 Å². The predicted octanol–water partition coefficient (Wildman–Crippen LogP) is 3.40. The molecule has 82 valence electrons. The summed E-state index contributed by atoms with van der Waals surface area (Å²) in [6, 6.07) is 8.60. The largest absolute Gasteiger partial charge is 0.327 e. The van der Waals surface area contributed by atoms with Crippen LogP contribution in [-0.4, -0.2) is 6.04 Å². The van der Waals surface area contributed by atoms with Gasteiger partial charge in [0.2, 0.25) is 0 Å². The van der Waals surface area contributed by atoms with Crippen LogP contribution in [0, 0.1) is 5.92 Å². The van der Waals surface area contributed by atoms with Gasteiger partial charge in [-0.05, 0) is 49.3 Å². The molecule has 1 aromatic rings. The Kier molecular flexibility index (Phi) is 3.66. The highest BCUT2D eigenvalue weighted by Gasteiger charge is 2.23. The number of hydrogen-bond acceptors (Lipinski definition) is 1. The Balaban J connectivity index is 1.85. The van der Waals surface area contributed by atoms with E-state index in [2.05, 4.69) is 12.1 Å². The zero-order valence-corrected chi connectivity index (χ0v) is 9.71. The summed E-state index contributed by atoms with van der Waals surface area (Å²) in [6.45, 7) is 0. The SMILES string of the molecule is N[C@@H]1CCC[C@H]1CCc1ccc(Cl)cc1. The van der Waals surface area contributed by atoms with Crippen LogP contribution in [-0.2, 0) is 6.42 Å². The van der Waals surface area contributed by atoms with Crippen LogP contribution in [0.1, 0.15) is 31.2 Å². The first-order chi connectivity index (χ1) is 7.25. The number of aryl methyl sites for hydroxylation is 1. The van der Waals surface area contributed by atoms with Crippen molar-refractivity contribution in [3.05, 3.63) is 34.9 Å². The third kappa shape index (κ3) is 2.96. The van der Waals surface area contributed by atoms with Crippen LogP contribution in [0.3, 0.4) is 0 Å². The van der Waals surface area contributed by atoms with E-state index < -0.39 is 0 Å². The van der Waals surface area contributed by atoms with Crippen molar-refractivity contribution in [3.8, 4) is 0 Å². The first kappa shape index (κ1) is 11.0. The zero-order valence-electron chi connectivity index (χ0n) is 8.95. The lowest BCUT2D eigenvalue weighted by atomic mass is 9.95. The van der Waals surface area contributed by atoms with E-state index in [1.165, 1.54) is 31.2 Å². The second-order valence-corrected chi connectivity index (χ2v) is 4.96. The van der Waals surface area contributed by atoms with Gasteiger partial charge >= 0.3 is 0 Å². The van der Waals surface area contributed by atoms with Gasteiger partial charge in [-0.15, -0.1) is 0 Å². The van der Waals surface area contributed by atoms with Gasteiger partial charge in [0.15, 0.2) is 0 Å². The van der Waals surface area contributed by atoms with Crippen LogP contribution >= 0.6 is 11.6 Å². The molecule has 1 fully saturated rings. The number of rotatable bonds is 3. The lowest BCUT2D eigenvalue weighted by molar-refractivity contribution is 0.447. The van der Waals surface area contributed by atoms with Crippen LogP contribution in [0.4, 0.5) is 0 Å². The van der Waals surface area contributed by atoms with Gasteiger partial charge < -0.3 is 5.73 Å². The van der Waals surface area contributed by atoms with E-state index >= 15 is 0 Å². The molecule has 0 unspecified atom stereocenters. The van der Waals surface area contributed by atoms with E-state index in [1.807, 2.05) is 12.1 Å². The first-order valence-corrected chi connectivity index (χ1v) is 6.13. The summed E-state index contributed by atoms with van der Waals surface area (Å²) in [5, 5.41) is 0.816. The van der Waals surface area contributed by atoms with Gasteiger partial charge in [-0.1, -0.05) is 30.2 Å². The molecule has 2 atom stereocenters. The summed E-state index contributed by atoms with van der Waals surface area (Å²) in [6.07, 6.45) is 6.20. The molecule has 1 aromatic carbocycles. The van der Waals surface area contributed by atoms with E-state index in [-0.39, 0.29) is 0 Å². The maximum Gasteiger partial charge on any atom is 0.0406 e. The van der Waals surface area contributed by atoms with Crippen molar-refractivity contribution < 1.29 is 0 Å². The molecule has 2 heteroatoms. The summed E-state index contributed by atoms with van der Waals surface area (Å²) in [4.78, 5) is 0. The summed E-state index contributed by atoms with van der Waals surface area (Å²) >= 11 is 5.84. The Morgan fingerprint density at radius 1 is 1.20 bits per heavy atom. The summed E-state index contributed by atoms with van der Waals surface area (Å²) in [7, 11) is 0. The lowest BCUT2D eigenvalue weighted by Gasteiger charge is -2.14. The fraction of sp³-hybridized carbons (Fsp3) is 0.538.